The first kappa shape index (κ1) is 18.9. The Morgan fingerprint density at radius 3 is 2.67 bits per heavy atom. The smallest absolute Gasteiger partial charge is 0.259 e. The molecule has 0 aliphatic carbocycles. The largest absolute Gasteiger partial charge is 0.356 e. The van der Waals surface area contributed by atoms with E-state index in [4.69, 9.17) is 0 Å². The fourth-order valence-corrected chi connectivity index (χ4v) is 3.70. The zero-order valence-corrected chi connectivity index (χ0v) is 15.4. The summed E-state index contributed by atoms with van der Waals surface area (Å²) in [6, 6.07) is 0. The van der Waals surface area contributed by atoms with Gasteiger partial charge in [0.15, 0.2) is 5.03 Å². The van der Waals surface area contributed by atoms with Crippen LogP contribution >= 0.6 is 0 Å². The highest BCUT2D eigenvalue weighted by Gasteiger charge is 2.27. The predicted octanol–water partition coefficient (Wildman–Crippen LogP) is -0.0972. The van der Waals surface area contributed by atoms with Crippen molar-refractivity contribution in [3.63, 3.8) is 0 Å². The van der Waals surface area contributed by atoms with Crippen LogP contribution in [-0.4, -0.2) is 50.1 Å². The van der Waals surface area contributed by atoms with Crippen LogP contribution in [0.15, 0.2) is 11.2 Å². The second-order valence-electron chi connectivity index (χ2n) is 6.72. The zero-order valence-electron chi connectivity index (χ0n) is 14.6. The molecule has 9 heteroatoms. The van der Waals surface area contributed by atoms with E-state index in [0.29, 0.717) is 12.4 Å². The molecule has 0 spiro atoms. The van der Waals surface area contributed by atoms with Crippen LogP contribution in [0, 0.1) is 12.3 Å². The van der Waals surface area contributed by atoms with Crippen LogP contribution in [-0.2, 0) is 21.9 Å². The Morgan fingerprint density at radius 1 is 1.42 bits per heavy atom. The van der Waals surface area contributed by atoms with E-state index in [-0.39, 0.29) is 29.3 Å². The lowest BCUT2D eigenvalue weighted by atomic mass is 9.81. The van der Waals surface area contributed by atoms with Crippen molar-refractivity contribution < 1.29 is 13.2 Å². The van der Waals surface area contributed by atoms with Gasteiger partial charge in [-0.1, -0.05) is 6.92 Å². The monoisotopic (exact) mass is 357 g/mol. The molecule has 3 N–H and O–H groups in total. The van der Waals surface area contributed by atoms with Crippen molar-refractivity contribution in [3.05, 3.63) is 12.0 Å². The van der Waals surface area contributed by atoms with E-state index in [9.17, 15) is 13.2 Å². The lowest BCUT2D eigenvalue weighted by Crippen LogP contribution is -2.43. The summed E-state index contributed by atoms with van der Waals surface area (Å²) in [6.07, 6.45) is 3.62. The number of carbonyl (C=O) groups is 1. The number of piperidine rings is 1. The number of nitrogens with one attached hydrogen (secondary N) is 3. The third-order valence-electron chi connectivity index (χ3n) is 4.53. The maximum atomic E-state index is 12.1. The number of hydrogen-bond acceptors (Lipinski definition) is 5. The maximum Gasteiger partial charge on any atom is 0.259 e. The Kier molecular flexibility index (Phi) is 6.00. The van der Waals surface area contributed by atoms with Crippen molar-refractivity contribution >= 4 is 15.9 Å². The van der Waals surface area contributed by atoms with Gasteiger partial charge in [-0.2, -0.15) is 0 Å². The maximum absolute atomic E-state index is 12.1. The number of nitrogens with zero attached hydrogens (tertiary/aromatic N) is 2. The van der Waals surface area contributed by atoms with Gasteiger partial charge < -0.3 is 15.2 Å². The van der Waals surface area contributed by atoms with Gasteiger partial charge in [-0.25, -0.2) is 18.1 Å². The molecular weight excluding hydrogens is 330 g/mol. The van der Waals surface area contributed by atoms with Crippen molar-refractivity contribution in [2.24, 2.45) is 12.5 Å². The molecule has 136 valence electrons. The minimum Gasteiger partial charge on any atom is -0.356 e. The standard InChI is InChI=1S/C15H27N5O3S/c1-12-19-14(10-20(12)3)24(22,23)18-7-4-13(21)17-11-15(2)5-8-16-9-6-15/h10,16,18H,4-9,11H2,1-3H3,(H,17,21). The molecule has 2 rings (SSSR count). The number of amides is 1. The number of sulfonamides is 1. The van der Waals surface area contributed by atoms with E-state index in [1.807, 2.05) is 0 Å². The van der Waals surface area contributed by atoms with Gasteiger partial charge in [-0.05, 0) is 38.3 Å². The molecular formula is C15H27N5O3S. The van der Waals surface area contributed by atoms with Gasteiger partial charge in [-0.3, -0.25) is 4.79 Å². The number of rotatable bonds is 7. The van der Waals surface area contributed by atoms with Crippen LogP contribution in [0.5, 0.6) is 0 Å². The molecule has 0 atom stereocenters. The molecule has 24 heavy (non-hydrogen) atoms. The van der Waals surface area contributed by atoms with Gasteiger partial charge in [-0.15, -0.1) is 0 Å². The lowest BCUT2D eigenvalue weighted by molar-refractivity contribution is -0.121. The van der Waals surface area contributed by atoms with Crippen LogP contribution < -0.4 is 15.4 Å². The van der Waals surface area contributed by atoms with Crippen molar-refractivity contribution in [1.82, 2.24) is 24.9 Å². The van der Waals surface area contributed by atoms with Crippen molar-refractivity contribution in [2.45, 2.75) is 38.1 Å². The van der Waals surface area contributed by atoms with Crippen LogP contribution in [0.2, 0.25) is 0 Å². The van der Waals surface area contributed by atoms with Crippen LogP contribution in [0.3, 0.4) is 0 Å². The summed E-state index contributed by atoms with van der Waals surface area (Å²) < 4.78 is 28.3. The Labute approximate surface area is 143 Å². The third kappa shape index (κ3) is 5.02. The molecule has 0 bridgehead atoms. The molecule has 0 unspecified atom stereocenters. The van der Waals surface area contributed by atoms with Crippen molar-refractivity contribution in [3.8, 4) is 0 Å². The summed E-state index contributed by atoms with van der Waals surface area (Å²) in [5.41, 5.74) is 0.117. The molecule has 1 fully saturated rings. The second kappa shape index (κ2) is 7.62. The first-order chi connectivity index (χ1) is 11.2. The molecule has 0 radical (unpaired) electrons. The average Bonchev–Trinajstić information content (AvgIpc) is 2.86. The van der Waals surface area contributed by atoms with Crippen LogP contribution in [0.25, 0.3) is 0 Å². The minimum atomic E-state index is -3.68. The summed E-state index contributed by atoms with van der Waals surface area (Å²) >= 11 is 0. The van der Waals surface area contributed by atoms with Crippen LogP contribution in [0.4, 0.5) is 0 Å². The zero-order chi connectivity index (χ0) is 17.8. The van der Waals surface area contributed by atoms with Gasteiger partial charge in [0.2, 0.25) is 5.91 Å². The normalized spacial score (nSPS) is 17.6. The highest BCUT2D eigenvalue weighted by atomic mass is 32.2. The summed E-state index contributed by atoms with van der Waals surface area (Å²) in [4.78, 5) is 15.9. The topological polar surface area (TPSA) is 105 Å². The summed E-state index contributed by atoms with van der Waals surface area (Å²) in [5.74, 6) is 0.470. The van der Waals surface area contributed by atoms with Gasteiger partial charge in [0, 0.05) is 32.8 Å². The van der Waals surface area contributed by atoms with Gasteiger partial charge >= 0.3 is 0 Å². The minimum absolute atomic E-state index is 0.0230. The van der Waals surface area contributed by atoms with Gasteiger partial charge in [0.1, 0.15) is 5.82 Å². The fourth-order valence-electron chi connectivity index (χ4n) is 2.64. The van der Waals surface area contributed by atoms with E-state index in [1.165, 1.54) is 6.20 Å². The number of hydrogen-bond donors (Lipinski definition) is 3. The number of carbonyl (C=O) groups excluding carboxylic acids is 1. The van der Waals surface area contributed by atoms with Crippen LogP contribution in [0.1, 0.15) is 32.0 Å². The molecule has 1 aromatic rings. The molecule has 0 saturated carbocycles. The summed E-state index contributed by atoms with van der Waals surface area (Å²) in [6.45, 7) is 6.52. The first-order valence-electron chi connectivity index (χ1n) is 8.19. The van der Waals surface area contributed by atoms with Gasteiger partial charge in [0.05, 0.1) is 0 Å². The van der Waals surface area contributed by atoms with Crippen molar-refractivity contribution in [2.75, 3.05) is 26.2 Å². The Bertz CT molecular complexity index is 658. The first-order valence-corrected chi connectivity index (χ1v) is 9.67. The summed E-state index contributed by atoms with van der Waals surface area (Å²) in [7, 11) is -1.94. The molecule has 1 amide bonds. The summed E-state index contributed by atoms with van der Waals surface area (Å²) in [5, 5.41) is 6.19. The Morgan fingerprint density at radius 2 is 2.08 bits per heavy atom. The quantitative estimate of drug-likeness (QED) is 0.632. The molecule has 2 heterocycles. The molecule has 1 aromatic heterocycles. The number of imidazole rings is 1. The number of aromatic nitrogens is 2. The van der Waals surface area contributed by atoms with E-state index < -0.39 is 10.0 Å². The van der Waals surface area contributed by atoms with E-state index in [0.717, 1.165) is 25.9 Å². The van der Waals surface area contributed by atoms with E-state index in [1.54, 1.807) is 18.5 Å². The Balaban J connectivity index is 1.75. The SMILES string of the molecule is Cc1nc(S(=O)(=O)NCCC(=O)NCC2(C)CCNCC2)cn1C. The molecule has 1 aliphatic rings. The lowest BCUT2D eigenvalue weighted by Gasteiger charge is -2.34. The second-order valence-corrected chi connectivity index (χ2v) is 8.44. The van der Waals surface area contributed by atoms with Crippen molar-refractivity contribution in [1.29, 1.82) is 0 Å². The highest BCUT2D eigenvalue weighted by Crippen LogP contribution is 2.26. The molecule has 8 nitrogen and oxygen atoms in total. The number of aryl methyl sites for hydroxylation is 2. The predicted molar refractivity (Wildman–Crippen MR) is 91.0 cm³/mol. The molecule has 0 aromatic carbocycles. The average molecular weight is 357 g/mol. The van der Waals surface area contributed by atoms with E-state index in [2.05, 4.69) is 27.3 Å². The Hall–Kier alpha value is -1.45. The fraction of sp³-hybridized carbons (Fsp3) is 0.733. The molecule has 1 aliphatic heterocycles. The third-order valence-corrected chi connectivity index (χ3v) is 5.86. The van der Waals surface area contributed by atoms with E-state index >= 15 is 0 Å². The molecule has 1 saturated heterocycles. The highest BCUT2D eigenvalue weighted by molar-refractivity contribution is 7.89. The van der Waals surface area contributed by atoms with Gasteiger partial charge in [0.25, 0.3) is 10.0 Å².